The first-order chi connectivity index (χ1) is 15.1. The molecule has 0 aliphatic heterocycles. The molecule has 0 saturated heterocycles. The highest BCUT2D eigenvalue weighted by Crippen LogP contribution is 2.21. The van der Waals surface area contributed by atoms with Crippen molar-refractivity contribution in [2.45, 2.75) is 20.0 Å². The van der Waals surface area contributed by atoms with Crippen molar-refractivity contribution in [2.24, 2.45) is 4.99 Å². The van der Waals surface area contributed by atoms with Gasteiger partial charge in [-0.05, 0) is 12.5 Å². The number of guanidine groups is 1. The van der Waals surface area contributed by atoms with E-state index in [1.54, 1.807) is 13.2 Å². The zero-order valence-corrected chi connectivity index (χ0v) is 18.0. The lowest BCUT2D eigenvalue weighted by Crippen LogP contribution is -2.38. The maximum atomic E-state index is 5.89. The van der Waals surface area contributed by atoms with E-state index in [2.05, 4.69) is 56.5 Å². The molecule has 7 heteroatoms. The van der Waals surface area contributed by atoms with Crippen molar-refractivity contribution in [1.82, 2.24) is 25.2 Å². The van der Waals surface area contributed by atoms with Crippen molar-refractivity contribution in [1.29, 1.82) is 0 Å². The third-order valence-electron chi connectivity index (χ3n) is 4.96. The topological polar surface area (TPSA) is 82.3 Å². The van der Waals surface area contributed by atoms with E-state index in [-0.39, 0.29) is 0 Å². The van der Waals surface area contributed by atoms with Gasteiger partial charge >= 0.3 is 0 Å². The third kappa shape index (κ3) is 5.01. The fraction of sp³-hybridized carbons (Fsp3) is 0.208. The van der Waals surface area contributed by atoms with E-state index in [0.717, 1.165) is 34.4 Å². The molecule has 0 aliphatic carbocycles. The molecule has 4 rings (SSSR count). The standard InChI is InChI=1S/C24H26N6O/c1-17-9-11-19(12-10-17)21-14-27-23(31-21)15-28-24(25-2)30(3)16-22-26-13-20(29-22)18-7-5-4-6-8-18/h4-14H,15-16H2,1-3H3,(H,25,28)(H,26,29). The number of imidazole rings is 1. The van der Waals surface area contributed by atoms with Gasteiger partial charge in [-0.1, -0.05) is 60.2 Å². The highest BCUT2D eigenvalue weighted by Gasteiger charge is 2.12. The summed E-state index contributed by atoms with van der Waals surface area (Å²) in [7, 11) is 3.72. The zero-order chi connectivity index (χ0) is 21.6. The molecule has 2 aromatic heterocycles. The van der Waals surface area contributed by atoms with E-state index in [1.807, 2.05) is 48.5 Å². The number of aryl methyl sites for hydroxylation is 1. The molecule has 0 saturated carbocycles. The predicted molar refractivity (Wildman–Crippen MR) is 122 cm³/mol. The lowest BCUT2D eigenvalue weighted by atomic mass is 10.1. The van der Waals surface area contributed by atoms with Crippen LogP contribution in [0.2, 0.25) is 0 Å². The number of hydrogen-bond donors (Lipinski definition) is 2. The molecule has 0 atom stereocenters. The Kier molecular flexibility index (Phi) is 6.12. The van der Waals surface area contributed by atoms with Gasteiger partial charge in [0, 0.05) is 19.7 Å². The maximum absolute atomic E-state index is 5.89. The Morgan fingerprint density at radius 3 is 2.55 bits per heavy atom. The van der Waals surface area contributed by atoms with Gasteiger partial charge in [0.25, 0.3) is 0 Å². The van der Waals surface area contributed by atoms with Crippen molar-refractivity contribution < 1.29 is 4.42 Å². The molecular weight excluding hydrogens is 388 g/mol. The molecule has 4 aromatic rings. The number of aromatic nitrogens is 3. The lowest BCUT2D eigenvalue weighted by molar-refractivity contribution is 0.448. The number of nitrogens with one attached hydrogen (secondary N) is 2. The Balaban J connectivity index is 1.35. The maximum Gasteiger partial charge on any atom is 0.214 e. The minimum Gasteiger partial charge on any atom is -0.439 e. The van der Waals surface area contributed by atoms with Crippen LogP contribution in [0.5, 0.6) is 0 Å². The van der Waals surface area contributed by atoms with Crippen LogP contribution in [0, 0.1) is 6.92 Å². The molecule has 31 heavy (non-hydrogen) atoms. The summed E-state index contributed by atoms with van der Waals surface area (Å²) < 4.78 is 5.89. The van der Waals surface area contributed by atoms with Gasteiger partial charge in [0.05, 0.1) is 31.2 Å². The molecule has 0 aliphatic rings. The van der Waals surface area contributed by atoms with Crippen LogP contribution in [0.3, 0.4) is 0 Å². The summed E-state index contributed by atoms with van der Waals surface area (Å²) in [6, 6.07) is 18.3. The average molecular weight is 415 g/mol. The Labute approximate surface area is 181 Å². The number of aromatic amines is 1. The molecule has 0 spiro atoms. The summed E-state index contributed by atoms with van der Waals surface area (Å²) in [4.78, 5) is 18.6. The number of rotatable bonds is 6. The second kappa shape index (κ2) is 9.30. The molecule has 2 N–H and O–H groups in total. The number of hydrogen-bond acceptors (Lipinski definition) is 4. The first-order valence-electron chi connectivity index (χ1n) is 10.1. The molecule has 158 valence electrons. The summed E-state index contributed by atoms with van der Waals surface area (Å²) in [5, 5.41) is 3.30. The van der Waals surface area contributed by atoms with Gasteiger partial charge in [-0.25, -0.2) is 9.97 Å². The molecule has 0 radical (unpaired) electrons. The highest BCUT2D eigenvalue weighted by atomic mass is 16.4. The highest BCUT2D eigenvalue weighted by molar-refractivity contribution is 5.79. The summed E-state index contributed by atoms with van der Waals surface area (Å²) in [6.45, 7) is 3.09. The van der Waals surface area contributed by atoms with Crippen molar-refractivity contribution in [2.75, 3.05) is 14.1 Å². The van der Waals surface area contributed by atoms with Crippen LogP contribution in [-0.4, -0.2) is 39.9 Å². The summed E-state index contributed by atoms with van der Waals surface area (Å²) in [5.41, 5.74) is 4.33. The first-order valence-corrected chi connectivity index (χ1v) is 10.1. The van der Waals surface area contributed by atoms with Crippen molar-refractivity contribution in [3.63, 3.8) is 0 Å². The second-order valence-corrected chi connectivity index (χ2v) is 7.35. The normalized spacial score (nSPS) is 11.5. The van der Waals surface area contributed by atoms with E-state index >= 15 is 0 Å². The van der Waals surface area contributed by atoms with Crippen molar-refractivity contribution in [3.05, 3.63) is 84.3 Å². The Morgan fingerprint density at radius 2 is 1.81 bits per heavy atom. The minimum atomic E-state index is 0.441. The molecule has 2 heterocycles. The second-order valence-electron chi connectivity index (χ2n) is 7.35. The molecule has 0 fully saturated rings. The Bertz CT molecular complexity index is 1140. The quantitative estimate of drug-likeness (QED) is 0.364. The first kappa shape index (κ1) is 20.4. The van der Waals surface area contributed by atoms with Gasteiger partial charge in [0.15, 0.2) is 11.7 Å². The van der Waals surface area contributed by atoms with Crippen molar-refractivity contribution in [3.8, 4) is 22.6 Å². The number of aliphatic imine (C=N–C) groups is 1. The molecule has 0 unspecified atom stereocenters. The van der Waals surface area contributed by atoms with Gasteiger partial charge in [0.2, 0.25) is 5.89 Å². The van der Waals surface area contributed by atoms with Crippen LogP contribution >= 0.6 is 0 Å². The van der Waals surface area contributed by atoms with Gasteiger partial charge in [0.1, 0.15) is 5.82 Å². The molecule has 2 aromatic carbocycles. The number of nitrogens with zero attached hydrogens (tertiary/aromatic N) is 4. The Hall–Kier alpha value is -3.87. The van der Waals surface area contributed by atoms with Crippen LogP contribution in [0.15, 0.2) is 76.4 Å². The van der Waals surface area contributed by atoms with E-state index in [0.29, 0.717) is 19.0 Å². The minimum absolute atomic E-state index is 0.441. The van der Waals surface area contributed by atoms with E-state index in [4.69, 9.17) is 4.42 Å². The van der Waals surface area contributed by atoms with E-state index < -0.39 is 0 Å². The summed E-state index contributed by atoms with van der Waals surface area (Å²) in [6.07, 6.45) is 3.61. The van der Waals surface area contributed by atoms with Gasteiger partial charge in [-0.15, -0.1) is 0 Å². The predicted octanol–water partition coefficient (Wildman–Crippen LogP) is 4.25. The molecular formula is C24H26N6O. The lowest BCUT2D eigenvalue weighted by Gasteiger charge is -2.20. The Morgan fingerprint density at radius 1 is 1.03 bits per heavy atom. The van der Waals surface area contributed by atoms with Crippen LogP contribution < -0.4 is 5.32 Å². The van der Waals surface area contributed by atoms with Crippen LogP contribution in [0.1, 0.15) is 17.3 Å². The largest absolute Gasteiger partial charge is 0.439 e. The van der Waals surface area contributed by atoms with Gasteiger partial charge in [-0.3, -0.25) is 4.99 Å². The van der Waals surface area contributed by atoms with Crippen LogP contribution in [-0.2, 0) is 13.1 Å². The smallest absolute Gasteiger partial charge is 0.214 e. The SMILES string of the molecule is CN=C(NCc1ncc(-c2ccc(C)cc2)o1)N(C)Cc1ncc(-c2ccccc2)[nH]1. The zero-order valence-electron chi connectivity index (χ0n) is 18.0. The van der Waals surface area contributed by atoms with Gasteiger partial charge in [-0.2, -0.15) is 0 Å². The fourth-order valence-corrected chi connectivity index (χ4v) is 3.29. The average Bonchev–Trinajstić information content (AvgIpc) is 3.45. The van der Waals surface area contributed by atoms with Crippen LogP contribution in [0.25, 0.3) is 22.6 Å². The molecule has 0 amide bonds. The summed E-state index contributed by atoms with van der Waals surface area (Å²) in [5.74, 6) is 2.95. The third-order valence-corrected chi connectivity index (χ3v) is 4.96. The molecule has 7 nitrogen and oxygen atoms in total. The van der Waals surface area contributed by atoms with E-state index in [9.17, 15) is 0 Å². The fourth-order valence-electron chi connectivity index (χ4n) is 3.29. The van der Waals surface area contributed by atoms with Crippen molar-refractivity contribution >= 4 is 5.96 Å². The monoisotopic (exact) mass is 414 g/mol. The van der Waals surface area contributed by atoms with Crippen LogP contribution in [0.4, 0.5) is 0 Å². The summed E-state index contributed by atoms with van der Waals surface area (Å²) >= 11 is 0. The van der Waals surface area contributed by atoms with Gasteiger partial charge < -0.3 is 19.6 Å². The molecule has 0 bridgehead atoms. The van der Waals surface area contributed by atoms with E-state index in [1.165, 1.54) is 5.56 Å². The number of H-pyrrole nitrogens is 1. The number of oxazole rings is 1. The number of benzene rings is 2.